The number of nitrogens with two attached hydrogens (primary N) is 2. The minimum atomic E-state index is -5.81. The van der Waals surface area contributed by atoms with Gasteiger partial charge >= 0.3 is 35.1 Å². The number of nitrogens with one attached hydrogen (secondary N) is 2. The summed E-state index contributed by atoms with van der Waals surface area (Å²) in [5.41, 5.74) is 8.45. The van der Waals surface area contributed by atoms with Crippen LogP contribution >= 0.6 is 45.1 Å². The molecule has 1 saturated heterocycles. The van der Waals surface area contributed by atoms with Gasteiger partial charge in [-0.15, -0.1) is 6.58 Å². The van der Waals surface area contributed by atoms with E-state index in [-0.39, 0.29) is 71.1 Å². The first-order valence-electron chi connectivity index (χ1n) is 21.5. The lowest BCUT2D eigenvalue weighted by atomic mass is 9.89. The third-order valence-corrected chi connectivity index (χ3v) is 19.1. The van der Waals surface area contributed by atoms with Crippen molar-refractivity contribution in [2.45, 2.75) is 53.2 Å². The molecular weight excluding hydrogens is 1180 g/mol. The van der Waals surface area contributed by atoms with Crippen molar-refractivity contribution >= 4 is 99.6 Å². The molecule has 3 unspecified atom stereocenters. The van der Waals surface area contributed by atoms with Crippen molar-refractivity contribution in [1.82, 2.24) is 14.9 Å². The molecule has 37 heteroatoms. The first-order chi connectivity index (χ1) is 36.1. The normalized spacial score (nSPS) is 17.7. The number of amides is 1. The quantitative estimate of drug-likeness (QED) is 0.00511. The molecule has 13 N–H and O–H groups in total. The molecule has 78 heavy (non-hydrogen) atoms. The van der Waals surface area contributed by atoms with Crippen molar-refractivity contribution in [2.24, 2.45) is 0 Å². The molecule has 1 aliphatic carbocycles. The first-order valence-corrected chi connectivity index (χ1v) is 31.2. The molecule has 1 amide bonds. The Morgan fingerprint density at radius 3 is 2.33 bits per heavy atom. The molecular formula is C41H45N6O24P3S4. The largest absolute Gasteiger partial charge is 0.490 e. The van der Waals surface area contributed by atoms with Crippen molar-refractivity contribution in [2.75, 3.05) is 43.8 Å². The number of ether oxygens (including phenoxy) is 3. The number of carbonyl (C=O) groups excluding carboxylic acids is 1. The van der Waals surface area contributed by atoms with Crippen LogP contribution in [-0.2, 0) is 61.3 Å². The van der Waals surface area contributed by atoms with E-state index < -0.39 is 129 Å². The predicted octanol–water partition coefficient (Wildman–Crippen LogP) is 3.71. The van der Waals surface area contributed by atoms with E-state index >= 15 is 0 Å². The summed E-state index contributed by atoms with van der Waals surface area (Å²) in [5, 5.41) is 20.4. The zero-order chi connectivity index (χ0) is 57.9. The molecule has 0 spiro atoms. The van der Waals surface area contributed by atoms with Crippen molar-refractivity contribution in [3.05, 3.63) is 93.8 Å². The molecule has 3 aliphatic rings. The van der Waals surface area contributed by atoms with Gasteiger partial charge < -0.3 is 60.1 Å². The lowest BCUT2D eigenvalue weighted by molar-refractivity contribution is -0.0570. The number of hydrogen-bond acceptors (Lipinski definition) is 23. The molecule has 30 nitrogen and oxygen atoms in total. The van der Waals surface area contributed by atoms with Crippen LogP contribution in [0.25, 0.3) is 33.4 Å². The maximum absolute atomic E-state index is 13.5. The van der Waals surface area contributed by atoms with E-state index in [9.17, 15) is 68.9 Å². The summed E-state index contributed by atoms with van der Waals surface area (Å²) in [7, 11) is -24.9. The minimum Gasteiger partial charge on any atom is -0.478 e. The second-order valence-electron chi connectivity index (χ2n) is 16.7. The Labute approximate surface area is 448 Å². The van der Waals surface area contributed by atoms with Crippen LogP contribution in [0.15, 0.2) is 80.3 Å². The Balaban J connectivity index is 1.08. The zero-order valence-electron chi connectivity index (χ0n) is 40.0. The second-order valence-corrected chi connectivity index (χ2v) is 26.8. The number of anilines is 2. The number of nitrogen functional groups attached to an aromatic ring is 2. The van der Waals surface area contributed by atoms with Gasteiger partial charge in [-0.05, 0) is 55.8 Å². The summed E-state index contributed by atoms with van der Waals surface area (Å²) < 4.78 is 141. The molecule has 1 fully saturated rings. The van der Waals surface area contributed by atoms with Crippen LogP contribution in [-0.4, -0.2) is 121 Å². The maximum atomic E-state index is 13.5. The standard InChI is InChI=1S/C41H45N6O24P3S4/c1-4-13-66-29-16-31(68-30(29)18-67-73(55,56)71-74(57,58)70-72(52,53)54)47-17-22(37(44)46-40(47)51)6-5-14-65-20-75-76-41(2,3)19-45-38(48)21-7-8-23(26(15-21)39(49)50)32-24-9-11-27(42)35(77(59,60)61)33(24)69-34-25(32)10-12-28(43)36(34)78(62,63)64/h4,7-12,15,17,29-31,42H,1,13-14,16,18-20,43H2,2-3H3,(H,45,48)(H,49,50)(H,55,56)(H,57,58)(H2,44,46,51)(H2,52,53,54)(H,59,60,61)(H,62,63,64)/t29?,30-,31-/m1/s1. The SMILES string of the molecule is C=CCOC1C[C@H](n2cc(C#CCOCSSC(C)(C)CNC(=O)c3ccc(-c4c5ccc(=N)c(S(=O)(=O)O)c-5oc5c(S(=O)(=O)O)c(N)ccc45)c(C(=O)O)c3)c(N)nc2=O)O[C@@H]1COP(=O)(O)OP(=O)(O)OP(=O)(O)O. The summed E-state index contributed by atoms with van der Waals surface area (Å²) in [6.45, 7) is 6.03. The Morgan fingerprint density at radius 2 is 1.69 bits per heavy atom. The van der Waals surface area contributed by atoms with Gasteiger partial charge in [0.25, 0.3) is 26.1 Å². The third-order valence-electron chi connectivity index (χ3n) is 10.5. The Hall–Kier alpha value is -5.34. The molecule has 0 saturated carbocycles. The number of rotatable bonds is 23. The van der Waals surface area contributed by atoms with Gasteiger partial charge in [-0.2, -0.15) is 30.4 Å². The van der Waals surface area contributed by atoms with Crippen LogP contribution in [0.3, 0.4) is 0 Å². The molecule has 422 valence electrons. The highest BCUT2D eigenvalue weighted by Crippen LogP contribution is 2.66. The number of aromatic carboxylic acids is 1. The number of benzene rings is 3. The molecule has 2 aliphatic heterocycles. The maximum Gasteiger partial charge on any atom is 0.490 e. The van der Waals surface area contributed by atoms with E-state index in [1.165, 1.54) is 58.1 Å². The summed E-state index contributed by atoms with van der Waals surface area (Å²) in [6.07, 6.45) is -0.906. The number of hydrogen-bond donors (Lipinski definition) is 11. The van der Waals surface area contributed by atoms with Crippen LogP contribution in [0.4, 0.5) is 11.5 Å². The minimum absolute atomic E-state index is 0.0268. The average Bonchev–Trinajstić information content (AvgIpc) is 3.73. The summed E-state index contributed by atoms with van der Waals surface area (Å²) in [6, 6.07) is 7.89. The Kier molecular flexibility index (Phi) is 19.2. The van der Waals surface area contributed by atoms with Gasteiger partial charge in [-0.25, -0.2) is 23.3 Å². The number of phosphoric ester groups is 1. The molecule has 2 aromatic carbocycles. The summed E-state index contributed by atoms with van der Waals surface area (Å²) in [5.74, 6) is 2.20. The molecule has 0 radical (unpaired) electrons. The van der Waals surface area contributed by atoms with E-state index in [4.69, 9.17) is 49.8 Å². The molecule has 5 atom stereocenters. The van der Waals surface area contributed by atoms with Gasteiger partial charge in [0.05, 0.1) is 41.5 Å². The Morgan fingerprint density at radius 1 is 1.01 bits per heavy atom. The van der Waals surface area contributed by atoms with Crippen molar-refractivity contribution in [1.29, 1.82) is 5.41 Å². The zero-order valence-corrected chi connectivity index (χ0v) is 45.9. The molecule has 3 aromatic rings. The second kappa shape index (κ2) is 24.2. The number of nitrogens with zero attached hydrogens (tertiary/aromatic N) is 2. The predicted molar refractivity (Wildman–Crippen MR) is 276 cm³/mol. The topological polar surface area (TPSA) is 487 Å². The number of carboxylic acids is 1. The van der Waals surface area contributed by atoms with Crippen LogP contribution in [0.2, 0.25) is 0 Å². The first kappa shape index (κ1) is 61.9. The van der Waals surface area contributed by atoms with Gasteiger partial charge in [-0.1, -0.05) is 45.6 Å². The highest BCUT2D eigenvalue weighted by atomic mass is 33.1. The smallest absolute Gasteiger partial charge is 0.478 e. The van der Waals surface area contributed by atoms with Gasteiger partial charge in [0.15, 0.2) is 21.1 Å². The van der Waals surface area contributed by atoms with E-state index in [0.717, 1.165) is 22.8 Å². The molecule has 6 rings (SSSR count). The fraction of sp³-hybridized carbons (Fsp3) is 0.293. The fourth-order valence-electron chi connectivity index (χ4n) is 7.39. The van der Waals surface area contributed by atoms with Crippen molar-refractivity contribution in [3.8, 4) is 34.3 Å². The Bertz CT molecular complexity index is 3750. The highest BCUT2D eigenvalue weighted by Gasteiger charge is 2.44. The number of carboxylic acid groups (broad SMARTS) is 1. The van der Waals surface area contributed by atoms with Gasteiger partial charge in [0, 0.05) is 46.0 Å². The lowest BCUT2D eigenvalue weighted by Gasteiger charge is -2.23. The van der Waals surface area contributed by atoms with E-state index in [1.54, 1.807) is 13.8 Å². The van der Waals surface area contributed by atoms with Crippen molar-refractivity contribution < 1.29 is 106 Å². The van der Waals surface area contributed by atoms with E-state index in [0.29, 0.717) is 0 Å². The summed E-state index contributed by atoms with van der Waals surface area (Å²) >= 11 is 0. The van der Waals surface area contributed by atoms with Crippen LogP contribution in [0, 0.1) is 17.3 Å². The van der Waals surface area contributed by atoms with Gasteiger partial charge in [0.1, 0.15) is 30.7 Å². The molecule has 3 heterocycles. The summed E-state index contributed by atoms with van der Waals surface area (Å²) in [4.78, 5) is 77.8. The van der Waals surface area contributed by atoms with Crippen LogP contribution < -0.4 is 27.8 Å². The highest BCUT2D eigenvalue weighted by molar-refractivity contribution is 8.77. The average molecular weight is 1230 g/mol. The van der Waals surface area contributed by atoms with E-state index in [1.807, 2.05) is 0 Å². The number of fused-ring (bicyclic) bond motifs is 2. The van der Waals surface area contributed by atoms with E-state index in [2.05, 4.69) is 37.3 Å². The number of aromatic nitrogens is 2. The molecule has 1 aromatic heterocycles. The fourth-order valence-corrected chi connectivity index (χ4v) is 14.0. The van der Waals surface area contributed by atoms with Crippen LogP contribution in [0.5, 0.6) is 0 Å². The van der Waals surface area contributed by atoms with Gasteiger partial charge in [0.2, 0.25) is 0 Å². The van der Waals surface area contributed by atoms with Crippen LogP contribution in [0.1, 0.15) is 52.8 Å². The number of phosphoric acid groups is 3. The lowest BCUT2D eigenvalue weighted by Crippen LogP contribution is -2.36. The van der Waals surface area contributed by atoms with Gasteiger partial charge in [-0.3, -0.25) is 28.4 Å². The van der Waals surface area contributed by atoms with Crippen molar-refractivity contribution in [3.63, 3.8) is 0 Å². The third kappa shape index (κ3) is 15.5. The molecule has 0 bridgehead atoms. The monoisotopic (exact) mass is 1230 g/mol. The number of carbonyl (C=O) groups is 2.